The van der Waals surface area contributed by atoms with Crippen LogP contribution in [0.2, 0.25) is 0 Å². The molecule has 0 aromatic rings. The number of nitrogens with zero attached hydrogens (tertiary/aromatic N) is 2. The van der Waals surface area contributed by atoms with Crippen LogP contribution in [0.3, 0.4) is 0 Å². The molecular weight excluding hydrogens is 200 g/mol. The molecule has 15 heavy (non-hydrogen) atoms. The van der Waals surface area contributed by atoms with Gasteiger partial charge in [-0.25, -0.2) is 0 Å². The molecule has 0 saturated carbocycles. The molecule has 0 aromatic heterocycles. The SMILES string of the molecule is CCNC(=O)C1COCCN1C(N)=NO. The van der Waals surface area contributed by atoms with Crippen LogP contribution in [-0.2, 0) is 9.53 Å². The maximum Gasteiger partial charge on any atom is 0.245 e. The van der Waals surface area contributed by atoms with Crippen LogP contribution in [0.4, 0.5) is 0 Å². The molecule has 1 heterocycles. The number of nitrogens with one attached hydrogen (secondary N) is 1. The highest BCUT2D eigenvalue weighted by atomic mass is 16.5. The van der Waals surface area contributed by atoms with Crippen LogP contribution in [0.1, 0.15) is 6.92 Å². The molecule has 0 bridgehead atoms. The molecule has 7 heteroatoms. The molecule has 1 fully saturated rings. The standard InChI is InChI=1S/C8H16N4O3/c1-2-10-7(13)6-5-15-4-3-12(6)8(9)11-14/h6,14H,2-5H2,1H3,(H2,9,11)(H,10,13). The van der Waals surface area contributed by atoms with E-state index in [9.17, 15) is 4.79 Å². The lowest BCUT2D eigenvalue weighted by Gasteiger charge is -2.34. The van der Waals surface area contributed by atoms with E-state index in [4.69, 9.17) is 15.7 Å². The highest BCUT2D eigenvalue weighted by Gasteiger charge is 2.30. The Morgan fingerprint density at radius 2 is 2.53 bits per heavy atom. The monoisotopic (exact) mass is 216 g/mol. The highest BCUT2D eigenvalue weighted by molar-refractivity contribution is 5.88. The Hall–Kier alpha value is -1.50. The van der Waals surface area contributed by atoms with Crippen LogP contribution in [0.5, 0.6) is 0 Å². The van der Waals surface area contributed by atoms with Gasteiger partial charge in [0.25, 0.3) is 0 Å². The quantitative estimate of drug-likeness (QED) is 0.226. The van der Waals surface area contributed by atoms with Crippen molar-refractivity contribution in [2.45, 2.75) is 13.0 Å². The summed E-state index contributed by atoms with van der Waals surface area (Å²) in [5.74, 6) is -0.238. The molecule has 1 rings (SSSR count). The predicted molar refractivity (Wildman–Crippen MR) is 53.4 cm³/mol. The van der Waals surface area contributed by atoms with Gasteiger partial charge in [0.05, 0.1) is 13.2 Å². The number of likely N-dealkylation sites (N-methyl/N-ethyl adjacent to an activating group) is 1. The van der Waals surface area contributed by atoms with Crippen LogP contribution in [0.25, 0.3) is 0 Å². The van der Waals surface area contributed by atoms with Crippen molar-refractivity contribution in [2.75, 3.05) is 26.3 Å². The van der Waals surface area contributed by atoms with Gasteiger partial charge in [0, 0.05) is 13.1 Å². The van der Waals surface area contributed by atoms with Crippen molar-refractivity contribution in [1.29, 1.82) is 0 Å². The Balaban J connectivity index is 2.69. The molecule has 1 unspecified atom stereocenters. The van der Waals surface area contributed by atoms with Gasteiger partial charge in [-0.15, -0.1) is 0 Å². The largest absolute Gasteiger partial charge is 0.408 e. The molecule has 7 nitrogen and oxygen atoms in total. The smallest absolute Gasteiger partial charge is 0.245 e. The molecule has 0 aromatic carbocycles. The summed E-state index contributed by atoms with van der Waals surface area (Å²) in [5, 5.41) is 14.1. The van der Waals surface area contributed by atoms with Gasteiger partial charge in [-0.3, -0.25) is 4.79 Å². The van der Waals surface area contributed by atoms with Crippen molar-refractivity contribution >= 4 is 11.9 Å². The molecule has 1 aliphatic heterocycles. The zero-order valence-corrected chi connectivity index (χ0v) is 8.64. The maximum atomic E-state index is 11.6. The molecule has 1 atom stereocenters. The Bertz CT molecular complexity index is 256. The summed E-state index contributed by atoms with van der Waals surface area (Å²) in [5.41, 5.74) is 5.46. The number of hydrogen-bond acceptors (Lipinski definition) is 4. The summed E-state index contributed by atoms with van der Waals surface area (Å²) < 4.78 is 5.18. The number of oxime groups is 1. The minimum atomic E-state index is -0.519. The van der Waals surface area contributed by atoms with Crippen molar-refractivity contribution in [1.82, 2.24) is 10.2 Å². The van der Waals surface area contributed by atoms with Crippen LogP contribution < -0.4 is 11.1 Å². The number of ether oxygens (including phenoxy) is 1. The van der Waals surface area contributed by atoms with Crippen molar-refractivity contribution in [3.63, 3.8) is 0 Å². The van der Waals surface area contributed by atoms with Crippen LogP contribution in [0, 0.1) is 0 Å². The summed E-state index contributed by atoms with van der Waals surface area (Å²) in [7, 11) is 0. The van der Waals surface area contributed by atoms with Gasteiger partial charge in [0.2, 0.25) is 11.9 Å². The van der Waals surface area contributed by atoms with Gasteiger partial charge < -0.3 is 25.9 Å². The molecular formula is C8H16N4O3. The summed E-state index contributed by atoms with van der Waals surface area (Å²) >= 11 is 0. The minimum Gasteiger partial charge on any atom is -0.408 e. The van der Waals surface area contributed by atoms with Crippen molar-refractivity contribution < 1.29 is 14.7 Å². The van der Waals surface area contributed by atoms with E-state index in [2.05, 4.69) is 10.5 Å². The third-order valence-electron chi connectivity index (χ3n) is 2.18. The van der Waals surface area contributed by atoms with E-state index in [1.54, 1.807) is 0 Å². The second kappa shape index (κ2) is 5.40. The highest BCUT2D eigenvalue weighted by Crippen LogP contribution is 2.06. The molecule has 86 valence electrons. The fraction of sp³-hybridized carbons (Fsp3) is 0.750. The first-order chi connectivity index (χ1) is 7.20. The Labute approximate surface area is 87.9 Å². The van der Waals surface area contributed by atoms with Crippen molar-refractivity contribution in [3.8, 4) is 0 Å². The van der Waals surface area contributed by atoms with E-state index in [0.717, 1.165) is 0 Å². The maximum absolute atomic E-state index is 11.6. The topological polar surface area (TPSA) is 100 Å². The van der Waals surface area contributed by atoms with Gasteiger partial charge in [0.1, 0.15) is 6.04 Å². The fourth-order valence-electron chi connectivity index (χ4n) is 1.44. The van der Waals surface area contributed by atoms with Crippen LogP contribution in [-0.4, -0.2) is 54.3 Å². The number of guanidine groups is 1. The lowest BCUT2D eigenvalue weighted by molar-refractivity contribution is -0.129. The van der Waals surface area contributed by atoms with E-state index in [-0.39, 0.29) is 18.5 Å². The third-order valence-corrected chi connectivity index (χ3v) is 2.18. The molecule has 1 amide bonds. The zero-order valence-electron chi connectivity index (χ0n) is 8.64. The summed E-state index contributed by atoms with van der Waals surface area (Å²) in [6, 6.07) is -0.519. The van der Waals surface area contributed by atoms with E-state index in [1.807, 2.05) is 6.92 Å². The summed E-state index contributed by atoms with van der Waals surface area (Å²) in [6.45, 7) is 3.53. The normalized spacial score (nSPS) is 22.6. The van der Waals surface area contributed by atoms with E-state index in [1.165, 1.54) is 4.90 Å². The first-order valence-corrected chi connectivity index (χ1v) is 4.80. The second-order valence-electron chi connectivity index (χ2n) is 3.14. The van der Waals surface area contributed by atoms with Gasteiger partial charge in [-0.1, -0.05) is 5.16 Å². The summed E-state index contributed by atoms with van der Waals surface area (Å²) in [6.07, 6.45) is 0. The average Bonchev–Trinajstić information content (AvgIpc) is 2.28. The second-order valence-corrected chi connectivity index (χ2v) is 3.14. The number of nitrogens with two attached hydrogens (primary N) is 1. The number of rotatable bonds is 2. The van der Waals surface area contributed by atoms with Crippen LogP contribution in [0.15, 0.2) is 5.16 Å². The van der Waals surface area contributed by atoms with E-state index >= 15 is 0 Å². The van der Waals surface area contributed by atoms with Gasteiger partial charge >= 0.3 is 0 Å². The molecule has 1 saturated heterocycles. The number of hydrogen-bond donors (Lipinski definition) is 3. The molecule has 4 N–H and O–H groups in total. The third kappa shape index (κ3) is 2.72. The fourth-order valence-corrected chi connectivity index (χ4v) is 1.44. The molecule has 1 aliphatic rings. The lowest BCUT2D eigenvalue weighted by atomic mass is 10.2. The number of amides is 1. The van der Waals surface area contributed by atoms with Crippen molar-refractivity contribution in [2.24, 2.45) is 10.9 Å². The Kier molecular flexibility index (Phi) is 4.17. The van der Waals surface area contributed by atoms with Gasteiger partial charge in [-0.2, -0.15) is 0 Å². The van der Waals surface area contributed by atoms with Gasteiger partial charge in [0.15, 0.2) is 0 Å². The van der Waals surface area contributed by atoms with E-state index < -0.39 is 6.04 Å². The first kappa shape index (κ1) is 11.6. The number of morpholine rings is 1. The first-order valence-electron chi connectivity index (χ1n) is 4.80. The Morgan fingerprint density at radius 3 is 3.13 bits per heavy atom. The van der Waals surface area contributed by atoms with Crippen LogP contribution >= 0.6 is 0 Å². The summed E-state index contributed by atoms with van der Waals surface area (Å²) in [4.78, 5) is 13.1. The number of carbonyl (C=O) groups is 1. The molecule has 0 radical (unpaired) electrons. The minimum absolute atomic E-state index is 0.0606. The molecule has 0 spiro atoms. The number of carbonyl (C=O) groups excluding carboxylic acids is 1. The zero-order chi connectivity index (χ0) is 11.3. The van der Waals surface area contributed by atoms with E-state index in [0.29, 0.717) is 19.7 Å². The van der Waals surface area contributed by atoms with Gasteiger partial charge in [-0.05, 0) is 6.92 Å². The average molecular weight is 216 g/mol. The Morgan fingerprint density at radius 1 is 1.80 bits per heavy atom. The predicted octanol–water partition coefficient (Wildman–Crippen LogP) is -1.47. The van der Waals surface area contributed by atoms with Crippen molar-refractivity contribution in [3.05, 3.63) is 0 Å². The lowest BCUT2D eigenvalue weighted by Crippen LogP contribution is -2.57. The molecule has 0 aliphatic carbocycles.